The number of ether oxygens (including phenoxy) is 2. The third-order valence-electron chi connectivity index (χ3n) is 7.75. The Bertz CT molecular complexity index is 1850. The van der Waals surface area contributed by atoms with E-state index in [1.807, 2.05) is 38.1 Å². The minimum Gasteiger partial charge on any atom is -0.495 e. The van der Waals surface area contributed by atoms with Crippen LogP contribution in [0.25, 0.3) is 11.1 Å². The van der Waals surface area contributed by atoms with E-state index in [9.17, 15) is 18.0 Å². The van der Waals surface area contributed by atoms with Crippen molar-refractivity contribution < 1.29 is 27.5 Å². The molecule has 0 aromatic heterocycles. The van der Waals surface area contributed by atoms with Crippen LogP contribution in [0.1, 0.15) is 38.3 Å². The molecule has 2 amide bonds. The number of hydrogen-bond donors (Lipinski definition) is 1. The number of carbonyl (C=O) groups excluding carboxylic acids is 2. The fourth-order valence-electron chi connectivity index (χ4n) is 5.34. The number of nitrogens with one attached hydrogen (secondary N) is 1. The second kappa shape index (κ2) is 13.0. The van der Waals surface area contributed by atoms with Crippen LogP contribution in [0.15, 0.2) is 89.8 Å². The number of aryl methyl sites for hydroxylation is 2. The number of sulfonamides is 1. The first kappa shape index (κ1) is 31.6. The average molecular weight is 628 g/mol. The van der Waals surface area contributed by atoms with E-state index in [2.05, 4.69) is 4.72 Å². The van der Waals surface area contributed by atoms with Gasteiger partial charge in [0.15, 0.2) is 0 Å². The van der Waals surface area contributed by atoms with Gasteiger partial charge in [-0.15, -0.1) is 0 Å². The molecule has 1 aliphatic rings. The molecule has 0 spiro atoms. The van der Waals surface area contributed by atoms with Crippen LogP contribution < -0.4 is 14.2 Å². The summed E-state index contributed by atoms with van der Waals surface area (Å²) < 4.78 is 41.5. The highest BCUT2D eigenvalue weighted by atomic mass is 32.2. The first-order valence-electron chi connectivity index (χ1n) is 14.6. The van der Waals surface area contributed by atoms with Crippen molar-refractivity contribution in [3.8, 4) is 22.6 Å². The Balaban J connectivity index is 1.32. The van der Waals surface area contributed by atoms with Crippen molar-refractivity contribution in [2.75, 3.05) is 39.0 Å². The number of hydrogen-bond acceptors (Lipinski definition) is 6. The Morgan fingerprint density at radius 2 is 1.67 bits per heavy atom. The van der Waals surface area contributed by atoms with Gasteiger partial charge >= 0.3 is 0 Å². The van der Waals surface area contributed by atoms with Crippen molar-refractivity contribution in [1.29, 1.82) is 0 Å². The van der Waals surface area contributed by atoms with E-state index in [1.165, 1.54) is 18.1 Å². The zero-order valence-corrected chi connectivity index (χ0v) is 26.9. The van der Waals surface area contributed by atoms with Gasteiger partial charge in [-0.2, -0.15) is 0 Å². The van der Waals surface area contributed by atoms with E-state index in [4.69, 9.17) is 9.47 Å². The third-order valence-corrected chi connectivity index (χ3v) is 9.15. The normalized spacial score (nSPS) is 14.6. The number of methoxy groups -OCH3 is 1. The minimum atomic E-state index is -4.09. The van der Waals surface area contributed by atoms with Gasteiger partial charge in [0.25, 0.3) is 21.8 Å². The Labute approximate surface area is 264 Å². The number of likely N-dealkylation sites (tertiary alicyclic amines) is 1. The molecule has 1 saturated heterocycles. The molecule has 4 aromatic carbocycles. The minimum absolute atomic E-state index is 0.0176. The number of anilines is 1. The van der Waals surface area contributed by atoms with E-state index < -0.39 is 10.0 Å². The van der Waals surface area contributed by atoms with E-state index in [0.29, 0.717) is 53.2 Å². The number of rotatable bonds is 9. The van der Waals surface area contributed by atoms with Gasteiger partial charge in [0.1, 0.15) is 22.5 Å². The van der Waals surface area contributed by atoms with Crippen molar-refractivity contribution >= 4 is 27.5 Å². The number of carbonyl (C=O) groups is 2. The predicted octanol–water partition coefficient (Wildman–Crippen LogP) is 5.78. The maximum absolute atomic E-state index is 13.7. The molecule has 234 valence electrons. The number of nitrogens with zero attached hydrogens (tertiary/aromatic N) is 2. The summed E-state index contributed by atoms with van der Waals surface area (Å²) in [5.74, 6) is 0.499. The molecule has 1 heterocycles. The van der Waals surface area contributed by atoms with Crippen molar-refractivity contribution in [2.24, 2.45) is 0 Å². The molecule has 1 N–H and O–H groups in total. The van der Waals surface area contributed by atoms with Crippen LogP contribution in [-0.2, 0) is 10.0 Å². The quantitative estimate of drug-likeness (QED) is 0.253. The van der Waals surface area contributed by atoms with Gasteiger partial charge in [0, 0.05) is 44.3 Å². The molecular weight excluding hydrogens is 590 g/mol. The van der Waals surface area contributed by atoms with Crippen molar-refractivity contribution in [3.63, 3.8) is 0 Å². The second-order valence-electron chi connectivity index (χ2n) is 11.4. The van der Waals surface area contributed by atoms with Crippen molar-refractivity contribution in [3.05, 3.63) is 107 Å². The standard InChI is InChI=1S/C35H37N3O6S/c1-23-12-13-24(2)31(18-23)35(40)38-17-16-30(22-38)44-29-11-7-10-28(21-29)36-45(41,42)33-20-26(14-15-32(33)43-5)25-8-6-9-27(19-25)34(39)37(3)4/h6-15,18-21,30,36H,16-17,22H2,1-5H3. The molecule has 1 fully saturated rings. The highest BCUT2D eigenvalue weighted by Gasteiger charge is 2.29. The number of benzene rings is 4. The van der Waals surface area contributed by atoms with Crippen molar-refractivity contribution in [1.82, 2.24) is 9.80 Å². The Hall–Kier alpha value is -4.83. The maximum atomic E-state index is 13.7. The van der Waals surface area contributed by atoms with Gasteiger partial charge in [0.05, 0.1) is 19.3 Å². The Morgan fingerprint density at radius 1 is 0.911 bits per heavy atom. The van der Waals surface area contributed by atoms with Crippen LogP contribution in [0.5, 0.6) is 11.5 Å². The maximum Gasteiger partial charge on any atom is 0.265 e. The monoisotopic (exact) mass is 627 g/mol. The van der Waals surface area contributed by atoms with Gasteiger partial charge in [-0.05, 0) is 73.0 Å². The molecule has 0 saturated carbocycles. The van der Waals surface area contributed by atoms with Gasteiger partial charge in [0.2, 0.25) is 0 Å². The van der Waals surface area contributed by atoms with Gasteiger partial charge in [-0.1, -0.05) is 42.0 Å². The fourth-order valence-corrected chi connectivity index (χ4v) is 6.58. The lowest BCUT2D eigenvalue weighted by atomic mass is 10.0. The molecule has 0 aliphatic carbocycles. The van der Waals surface area contributed by atoms with Crippen LogP contribution in [-0.4, -0.2) is 70.4 Å². The van der Waals surface area contributed by atoms with E-state index in [-0.39, 0.29) is 28.6 Å². The summed E-state index contributed by atoms with van der Waals surface area (Å²) in [6.45, 7) is 4.91. The van der Waals surface area contributed by atoms with Crippen LogP contribution in [0, 0.1) is 13.8 Å². The van der Waals surface area contributed by atoms with Gasteiger partial charge in [-0.3, -0.25) is 14.3 Å². The molecule has 5 rings (SSSR count). The molecule has 9 nitrogen and oxygen atoms in total. The molecule has 4 aromatic rings. The summed E-state index contributed by atoms with van der Waals surface area (Å²) in [6, 6.07) is 24.5. The number of amides is 2. The molecule has 0 radical (unpaired) electrons. The van der Waals surface area contributed by atoms with E-state index >= 15 is 0 Å². The molecule has 1 atom stereocenters. The molecular formula is C35H37N3O6S. The van der Waals surface area contributed by atoms with Crippen LogP contribution in [0.2, 0.25) is 0 Å². The summed E-state index contributed by atoms with van der Waals surface area (Å²) in [6.07, 6.45) is 0.440. The average Bonchev–Trinajstić information content (AvgIpc) is 3.49. The first-order chi connectivity index (χ1) is 21.4. The van der Waals surface area contributed by atoms with Crippen LogP contribution >= 0.6 is 0 Å². The fraction of sp³-hybridized carbons (Fsp3) is 0.257. The summed E-state index contributed by atoms with van der Waals surface area (Å²) in [5.41, 5.74) is 4.78. The van der Waals surface area contributed by atoms with Crippen LogP contribution in [0.4, 0.5) is 5.69 Å². The summed E-state index contributed by atoms with van der Waals surface area (Å²) in [5, 5.41) is 0. The summed E-state index contributed by atoms with van der Waals surface area (Å²) >= 11 is 0. The van der Waals surface area contributed by atoms with Crippen molar-refractivity contribution in [2.45, 2.75) is 31.3 Å². The smallest absolute Gasteiger partial charge is 0.265 e. The van der Waals surface area contributed by atoms with E-state index in [0.717, 1.165) is 11.1 Å². The summed E-state index contributed by atoms with van der Waals surface area (Å²) in [4.78, 5) is 28.9. The first-order valence-corrected chi connectivity index (χ1v) is 16.1. The molecule has 0 bridgehead atoms. The molecule has 1 aliphatic heterocycles. The topological polar surface area (TPSA) is 105 Å². The zero-order valence-electron chi connectivity index (χ0n) is 26.0. The molecule has 45 heavy (non-hydrogen) atoms. The highest BCUT2D eigenvalue weighted by Crippen LogP contribution is 2.32. The largest absolute Gasteiger partial charge is 0.495 e. The molecule has 10 heteroatoms. The highest BCUT2D eigenvalue weighted by molar-refractivity contribution is 7.92. The van der Waals surface area contributed by atoms with E-state index in [1.54, 1.807) is 73.6 Å². The van der Waals surface area contributed by atoms with Gasteiger partial charge in [-0.25, -0.2) is 8.42 Å². The second-order valence-corrected chi connectivity index (χ2v) is 13.0. The van der Waals surface area contributed by atoms with Crippen LogP contribution in [0.3, 0.4) is 0 Å². The predicted molar refractivity (Wildman–Crippen MR) is 175 cm³/mol. The third kappa shape index (κ3) is 7.12. The zero-order chi connectivity index (χ0) is 32.3. The van der Waals surface area contributed by atoms with Gasteiger partial charge < -0.3 is 19.3 Å². The lowest BCUT2D eigenvalue weighted by molar-refractivity contribution is 0.0770. The lowest BCUT2D eigenvalue weighted by Gasteiger charge is -2.19. The lowest BCUT2D eigenvalue weighted by Crippen LogP contribution is -2.31. The Morgan fingerprint density at radius 3 is 2.42 bits per heavy atom. The molecule has 1 unspecified atom stereocenters. The summed E-state index contributed by atoms with van der Waals surface area (Å²) in [7, 11) is 0.676. The Kier molecular flexibility index (Phi) is 9.15. The SMILES string of the molecule is COc1ccc(-c2cccc(C(=O)N(C)C)c2)cc1S(=O)(=O)Nc1cccc(OC2CCN(C(=O)c3cc(C)ccc3C)C2)c1.